The molecule has 1 aromatic rings. The number of carbonyl (C=O) groups excluding carboxylic acids is 1. The lowest BCUT2D eigenvalue weighted by molar-refractivity contribution is -0.124. The molecule has 1 aromatic heterocycles. The molecule has 0 fully saturated rings. The Balaban J connectivity index is 2.76. The number of amides is 1. The number of hydrogen-bond acceptors (Lipinski definition) is 4. The minimum absolute atomic E-state index is 0.122. The van der Waals surface area contributed by atoms with Crippen molar-refractivity contribution >= 4 is 17.6 Å². The highest BCUT2D eigenvalue weighted by atomic mass is 16.5. The molecule has 0 aromatic carbocycles. The van der Waals surface area contributed by atoms with Crippen LogP contribution in [0, 0.1) is 0 Å². The van der Waals surface area contributed by atoms with Crippen LogP contribution in [0.4, 0.5) is 5.69 Å². The fourth-order valence-corrected chi connectivity index (χ4v) is 0.885. The van der Waals surface area contributed by atoms with Crippen molar-refractivity contribution in [1.29, 1.82) is 0 Å². The van der Waals surface area contributed by atoms with Crippen molar-refractivity contribution in [2.45, 2.75) is 13.0 Å². The molecule has 0 radical (unpaired) electrons. The third-order valence-electron chi connectivity index (χ3n) is 1.83. The highest BCUT2D eigenvalue weighted by molar-refractivity contribution is 6.00. The molecule has 15 heavy (non-hydrogen) atoms. The average Bonchev–Trinajstić information content (AvgIpc) is 2.64. The zero-order chi connectivity index (χ0) is 11.4. The van der Waals surface area contributed by atoms with E-state index in [2.05, 4.69) is 15.5 Å². The zero-order valence-electron chi connectivity index (χ0n) is 8.27. The summed E-state index contributed by atoms with van der Waals surface area (Å²) in [5, 5.41) is 16.9. The van der Waals surface area contributed by atoms with E-state index in [1.165, 1.54) is 13.3 Å². The number of aromatic carboxylic acids is 1. The maximum absolute atomic E-state index is 11.3. The Labute approximate surface area is 85.4 Å². The SMILES string of the molecule is COC(C)C(=O)Nc1cn[nH]c1C(=O)O. The zero-order valence-corrected chi connectivity index (χ0v) is 8.27. The van der Waals surface area contributed by atoms with Gasteiger partial charge in [-0.3, -0.25) is 9.89 Å². The van der Waals surface area contributed by atoms with Crippen LogP contribution in [0.3, 0.4) is 0 Å². The molecule has 1 rings (SSSR count). The Morgan fingerprint density at radius 1 is 1.67 bits per heavy atom. The van der Waals surface area contributed by atoms with Gasteiger partial charge in [-0.2, -0.15) is 5.10 Å². The van der Waals surface area contributed by atoms with Gasteiger partial charge in [0.1, 0.15) is 6.10 Å². The summed E-state index contributed by atoms with van der Waals surface area (Å²) >= 11 is 0. The number of nitrogens with zero attached hydrogens (tertiary/aromatic N) is 1. The molecule has 7 heteroatoms. The third-order valence-corrected chi connectivity index (χ3v) is 1.83. The lowest BCUT2D eigenvalue weighted by atomic mass is 10.3. The van der Waals surface area contributed by atoms with E-state index in [1.54, 1.807) is 6.92 Å². The van der Waals surface area contributed by atoms with Gasteiger partial charge >= 0.3 is 5.97 Å². The number of methoxy groups -OCH3 is 1. The largest absolute Gasteiger partial charge is 0.476 e. The third kappa shape index (κ3) is 2.53. The summed E-state index contributed by atoms with van der Waals surface area (Å²) in [7, 11) is 1.39. The molecule has 0 aliphatic rings. The van der Waals surface area contributed by atoms with E-state index in [9.17, 15) is 9.59 Å². The molecule has 0 saturated carbocycles. The van der Waals surface area contributed by atoms with Gasteiger partial charge in [-0.15, -0.1) is 0 Å². The van der Waals surface area contributed by atoms with E-state index in [1.807, 2.05) is 0 Å². The van der Waals surface area contributed by atoms with Gasteiger partial charge in [-0.25, -0.2) is 4.79 Å². The molecule has 7 nitrogen and oxygen atoms in total. The normalized spacial score (nSPS) is 12.1. The second kappa shape index (κ2) is 4.56. The fourth-order valence-electron chi connectivity index (χ4n) is 0.885. The standard InChI is InChI=1S/C8H11N3O4/c1-4(15-2)7(12)10-5-3-9-11-6(5)8(13)14/h3-4H,1-2H3,(H,9,11)(H,10,12)(H,13,14). The van der Waals surface area contributed by atoms with E-state index in [0.717, 1.165) is 0 Å². The van der Waals surface area contributed by atoms with Gasteiger partial charge in [0.25, 0.3) is 5.91 Å². The van der Waals surface area contributed by atoms with Gasteiger partial charge in [-0.1, -0.05) is 0 Å². The van der Waals surface area contributed by atoms with Crippen molar-refractivity contribution in [3.8, 4) is 0 Å². The van der Waals surface area contributed by atoms with Gasteiger partial charge < -0.3 is 15.2 Å². The molecular weight excluding hydrogens is 202 g/mol. The summed E-state index contributed by atoms with van der Waals surface area (Å²) in [6.45, 7) is 1.55. The van der Waals surface area contributed by atoms with Gasteiger partial charge in [0.2, 0.25) is 0 Å². The number of aromatic nitrogens is 2. The second-order valence-corrected chi connectivity index (χ2v) is 2.83. The van der Waals surface area contributed by atoms with Crippen molar-refractivity contribution in [2.24, 2.45) is 0 Å². The molecule has 0 aliphatic heterocycles. The molecule has 1 unspecified atom stereocenters. The van der Waals surface area contributed by atoms with E-state index in [-0.39, 0.29) is 11.4 Å². The van der Waals surface area contributed by atoms with Crippen LogP contribution in [0.15, 0.2) is 6.20 Å². The lowest BCUT2D eigenvalue weighted by Gasteiger charge is -2.08. The quantitative estimate of drug-likeness (QED) is 0.657. The molecule has 0 saturated heterocycles. The second-order valence-electron chi connectivity index (χ2n) is 2.83. The number of ether oxygens (including phenoxy) is 1. The number of H-pyrrole nitrogens is 1. The van der Waals surface area contributed by atoms with Crippen molar-refractivity contribution < 1.29 is 19.4 Å². The summed E-state index contributed by atoms with van der Waals surface area (Å²) in [4.78, 5) is 22.0. The van der Waals surface area contributed by atoms with Crippen LogP contribution in [0.5, 0.6) is 0 Å². The molecule has 1 atom stereocenters. The Morgan fingerprint density at radius 2 is 2.33 bits per heavy atom. The number of carbonyl (C=O) groups is 2. The van der Waals surface area contributed by atoms with E-state index < -0.39 is 18.0 Å². The Hall–Kier alpha value is -1.89. The predicted molar refractivity (Wildman–Crippen MR) is 50.6 cm³/mol. The van der Waals surface area contributed by atoms with Crippen LogP contribution in [0.1, 0.15) is 17.4 Å². The molecule has 0 aliphatic carbocycles. The van der Waals surface area contributed by atoms with Gasteiger partial charge in [0.15, 0.2) is 5.69 Å². The highest BCUT2D eigenvalue weighted by Crippen LogP contribution is 2.11. The summed E-state index contributed by atoms with van der Waals surface area (Å²) in [6, 6.07) is 0. The Morgan fingerprint density at radius 3 is 2.87 bits per heavy atom. The number of carboxylic acid groups (broad SMARTS) is 1. The van der Waals surface area contributed by atoms with Crippen molar-refractivity contribution in [1.82, 2.24) is 10.2 Å². The first kappa shape index (κ1) is 11.2. The first-order valence-electron chi connectivity index (χ1n) is 4.16. The van der Waals surface area contributed by atoms with Gasteiger partial charge in [-0.05, 0) is 6.92 Å². The van der Waals surface area contributed by atoms with E-state index >= 15 is 0 Å². The molecule has 1 amide bonds. The smallest absolute Gasteiger partial charge is 0.356 e. The van der Waals surface area contributed by atoms with Crippen LogP contribution >= 0.6 is 0 Å². The Bertz CT molecular complexity index is 374. The van der Waals surface area contributed by atoms with Gasteiger partial charge in [0.05, 0.1) is 11.9 Å². The summed E-state index contributed by atoms with van der Waals surface area (Å²) in [5.41, 5.74) is -0.0388. The van der Waals surface area contributed by atoms with Crippen LogP contribution in [-0.2, 0) is 9.53 Å². The number of hydrogen-bond donors (Lipinski definition) is 3. The Kier molecular flexibility index (Phi) is 3.40. The number of nitrogens with one attached hydrogen (secondary N) is 2. The maximum Gasteiger partial charge on any atom is 0.356 e. The number of aromatic amines is 1. The minimum Gasteiger partial charge on any atom is -0.476 e. The summed E-state index contributed by atoms with van der Waals surface area (Å²) in [5.74, 6) is -1.62. The topological polar surface area (TPSA) is 104 Å². The van der Waals surface area contributed by atoms with Gasteiger partial charge in [0, 0.05) is 7.11 Å². The van der Waals surface area contributed by atoms with Crippen molar-refractivity contribution in [2.75, 3.05) is 12.4 Å². The fraction of sp³-hybridized carbons (Fsp3) is 0.375. The minimum atomic E-state index is -1.19. The molecule has 82 valence electrons. The number of carboxylic acids is 1. The van der Waals surface area contributed by atoms with Crippen LogP contribution in [0.2, 0.25) is 0 Å². The van der Waals surface area contributed by atoms with Crippen molar-refractivity contribution in [3.63, 3.8) is 0 Å². The summed E-state index contributed by atoms with van der Waals surface area (Å²) in [6.07, 6.45) is 0.575. The highest BCUT2D eigenvalue weighted by Gasteiger charge is 2.17. The molecule has 0 bridgehead atoms. The maximum atomic E-state index is 11.3. The number of anilines is 1. The lowest BCUT2D eigenvalue weighted by Crippen LogP contribution is -2.27. The monoisotopic (exact) mass is 213 g/mol. The summed E-state index contributed by atoms with van der Waals surface area (Å²) < 4.78 is 4.77. The molecule has 1 heterocycles. The molecular formula is C8H11N3O4. The first-order valence-corrected chi connectivity index (χ1v) is 4.16. The van der Waals surface area contributed by atoms with Crippen LogP contribution in [0.25, 0.3) is 0 Å². The number of rotatable bonds is 4. The average molecular weight is 213 g/mol. The predicted octanol–water partition coefficient (Wildman–Crippen LogP) is 0.0813. The van der Waals surface area contributed by atoms with Crippen LogP contribution < -0.4 is 5.32 Å². The molecule has 0 spiro atoms. The first-order chi connectivity index (χ1) is 7.06. The van der Waals surface area contributed by atoms with Crippen LogP contribution in [-0.4, -0.2) is 40.4 Å². The molecule has 3 N–H and O–H groups in total. The van der Waals surface area contributed by atoms with Crippen molar-refractivity contribution in [3.05, 3.63) is 11.9 Å². The van der Waals surface area contributed by atoms with E-state index in [0.29, 0.717) is 0 Å². The van der Waals surface area contributed by atoms with E-state index in [4.69, 9.17) is 9.84 Å².